The third-order valence-corrected chi connectivity index (χ3v) is 4.07. The molecule has 0 aliphatic rings. The SMILES string of the molecule is CCCCCCCC(=O)N[C@@H](CCC(N)=O)C(=O)O.OCCN(CCO)CCO. The summed E-state index contributed by atoms with van der Waals surface area (Å²) in [6.45, 7) is 3.87. The number of nitrogens with one attached hydrogen (secondary N) is 1. The summed E-state index contributed by atoms with van der Waals surface area (Å²) in [4.78, 5) is 34.8. The molecule has 0 aliphatic carbocycles. The summed E-state index contributed by atoms with van der Waals surface area (Å²) in [7, 11) is 0. The average Bonchev–Trinajstić information content (AvgIpc) is 2.65. The van der Waals surface area contributed by atoms with Crippen LogP contribution < -0.4 is 11.1 Å². The van der Waals surface area contributed by atoms with E-state index in [4.69, 9.17) is 26.2 Å². The normalized spacial score (nSPS) is 11.5. The van der Waals surface area contributed by atoms with Crippen LogP contribution in [-0.4, -0.2) is 88.6 Å². The number of nitrogens with two attached hydrogens (primary N) is 1. The highest BCUT2D eigenvalue weighted by Crippen LogP contribution is 2.05. The predicted octanol–water partition coefficient (Wildman–Crippen LogP) is -0.553. The number of carbonyl (C=O) groups is 3. The Morgan fingerprint density at radius 2 is 1.41 bits per heavy atom. The number of hydrogen-bond acceptors (Lipinski definition) is 7. The quantitative estimate of drug-likeness (QED) is 0.170. The van der Waals surface area contributed by atoms with Crippen molar-refractivity contribution in [1.82, 2.24) is 10.2 Å². The standard InChI is InChI=1S/C13H24N2O4.C6H15NO3/c1-2-3-4-5-6-7-12(17)15-10(13(18)19)8-9-11(14)16;8-4-1-7(2-5-9)3-6-10/h10H,2-9H2,1H3,(H2,14,16)(H,15,17)(H,18,19);8-10H,1-6H2/t10-;/m0./s1. The van der Waals surface area contributed by atoms with Crippen molar-refractivity contribution < 1.29 is 34.8 Å². The Morgan fingerprint density at radius 1 is 0.897 bits per heavy atom. The van der Waals surface area contributed by atoms with Gasteiger partial charge in [0.1, 0.15) is 6.04 Å². The highest BCUT2D eigenvalue weighted by atomic mass is 16.4. The molecule has 172 valence electrons. The third kappa shape index (κ3) is 20.8. The molecular weight excluding hydrogens is 382 g/mol. The smallest absolute Gasteiger partial charge is 0.326 e. The molecule has 0 aliphatic heterocycles. The fourth-order valence-electron chi connectivity index (χ4n) is 2.46. The van der Waals surface area contributed by atoms with Gasteiger partial charge < -0.3 is 31.5 Å². The molecule has 0 rings (SSSR count). The lowest BCUT2D eigenvalue weighted by Gasteiger charge is -2.17. The maximum absolute atomic E-state index is 11.5. The monoisotopic (exact) mass is 421 g/mol. The first-order chi connectivity index (χ1) is 13.8. The van der Waals surface area contributed by atoms with Crippen molar-refractivity contribution in [3.8, 4) is 0 Å². The predicted molar refractivity (Wildman–Crippen MR) is 109 cm³/mol. The number of hydrogen-bond donors (Lipinski definition) is 6. The van der Waals surface area contributed by atoms with E-state index in [2.05, 4.69) is 12.2 Å². The Labute approximate surface area is 173 Å². The topological polar surface area (TPSA) is 173 Å². The number of carboxylic acid groups (broad SMARTS) is 1. The van der Waals surface area contributed by atoms with Gasteiger partial charge in [-0.15, -0.1) is 0 Å². The van der Waals surface area contributed by atoms with E-state index in [0.717, 1.165) is 32.1 Å². The fourth-order valence-corrected chi connectivity index (χ4v) is 2.46. The summed E-state index contributed by atoms with van der Waals surface area (Å²) in [5.41, 5.74) is 4.95. The van der Waals surface area contributed by atoms with Crippen molar-refractivity contribution >= 4 is 17.8 Å². The Morgan fingerprint density at radius 3 is 1.83 bits per heavy atom. The van der Waals surface area contributed by atoms with Crippen LogP contribution in [0.5, 0.6) is 0 Å². The van der Waals surface area contributed by atoms with Crippen molar-refractivity contribution in [3.05, 3.63) is 0 Å². The van der Waals surface area contributed by atoms with Crippen LogP contribution in [0.1, 0.15) is 58.3 Å². The minimum Gasteiger partial charge on any atom is -0.480 e. The largest absolute Gasteiger partial charge is 0.480 e. The van der Waals surface area contributed by atoms with Gasteiger partial charge in [-0.1, -0.05) is 32.6 Å². The van der Waals surface area contributed by atoms with E-state index in [1.54, 1.807) is 4.90 Å². The van der Waals surface area contributed by atoms with E-state index >= 15 is 0 Å². The van der Waals surface area contributed by atoms with E-state index in [1.807, 2.05) is 0 Å². The summed E-state index contributed by atoms with van der Waals surface area (Å²) in [5, 5.41) is 36.8. The van der Waals surface area contributed by atoms with E-state index in [0.29, 0.717) is 26.1 Å². The third-order valence-electron chi connectivity index (χ3n) is 4.07. The van der Waals surface area contributed by atoms with Gasteiger partial charge in [0.05, 0.1) is 19.8 Å². The van der Waals surface area contributed by atoms with Gasteiger partial charge in [0.25, 0.3) is 0 Å². The Kier molecular flexibility index (Phi) is 21.3. The minimum absolute atomic E-state index is 0.0340. The average molecular weight is 422 g/mol. The van der Waals surface area contributed by atoms with Gasteiger partial charge in [-0.05, 0) is 12.8 Å². The zero-order valence-electron chi connectivity index (χ0n) is 17.5. The summed E-state index contributed by atoms with van der Waals surface area (Å²) in [6, 6.07) is -1.03. The number of aliphatic hydroxyl groups excluding tert-OH is 3. The van der Waals surface area contributed by atoms with Gasteiger partial charge in [0.15, 0.2) is 0 Å². The number of nitrogens with zero attached hydrogens (tertiary/aromatic N) is 1. The molecule has 1 atom stereocenters. The fraction of sp³-hybridized carbons (Fsp3) is 0.842. The Balaban J connectivity index is 0. The lowest BCUT2D eigenvalue weighted by atomic mass is 10.1. The number of aliphatic carboxylic acids is 1. The minimum atomic E-state index is -1.14. The second-order valence-corrected chi connectivity index (χ2v) is 6.64. The van der Waals surface area contributed by atoms with Gasteiger partial charge in [-0.3, -0.25) is 14.5 Å². The number of carbonyl (C=O) groups excluding carboxylic acids is 2. The molecule has 0 saturated heterocycles. The molecule has 10 heteroatoms. The van der Waals surface area contributed by atoms with E-state index in [-0.39, 0.29) is 38.6 Å². The molecule has 10 nitrogen and oxygen atoms in total. The molecular formula is C19H39N3O7. The van der Waals surface area contributed by atoms with Crippen LogP contribution in [-0.2, 0) is 14.4 Å². The van der Waals surface area contributed by atoms with Crippen LogP contribution in [0.4, 0.5) is 0 Å². The number of rotatable bonds is 17. The van der Waals surface area contributed by atoms with Gasteiger partial charge in [0.2, 0.25) is 11.8 Å². The number of unbranched alkanes of at least 4 members (excludes halogenated alkanes) is 4. The van der Waals surface area contributed by atoms with E-state index < -0.39 is 17.9 Å². The van der Waals surface area contributed by atoms with Gasteiger partial charge in [-0.2, -0.15) is 0 Å². The van der Waals surface area contributed by atoms with Crippen molar-refractivity contribution in [2.45, 2.75) is 64.3 Å². The van der Waals surface area contributed by atoms with Gasteiger partial charge >= 0.3 is 5.97 Å². The van der Waals surface area contributed by atoms with Crippen molar-refractivity contribution in [2.75, 3.05) is 39.5 Å². The van der Waals surface area contributed by atoms with Crippen LogP contribution in [0.2, 0.25) is 0 Å². The number of primary amides is 1. The van der Waals surface area contributed by atoms with Crippen LogP contribution in [0, 0.1) is 0 Å². The first-order valence-corrected chi connectivity index (χ1v) is 10.2. The van der Waals surface area contributed by atoms with Crippen molar-refractivity contribution in [3.63, 3.8) is 0 Å². The lowest BCUT2D eigenvalue weighted by Crippen LogP contribution is -2.41. The lowest BCUT2D eigenvalue weighted by molar-refractivity contribution is -0.142. The highest BCUT2D eigenvalue weighted by Gasteiger charge is 2.20. The molecule has 0 radical (unpaired) electrons. The van der Waals surface area contributed by atoms with Crippen LogP contribution >= 0.6 is 0 Å². The number of amides is 2. The molecule has 0 spiro atoms. The molecule has 0 unspecified atom stereocenters. The zero-order valence-corrected chi connectivity index (χ0v) is 17.5. The molecule has 0 aromatic heterocycles. The molecule has 0 bridgehead atoms. The van der Waals surface area contributed by atoms with Gasteiger partial charge in [0, 0.05) is 32.5 Å². The van der Waals surface area contributed by atoms with Gasteiger partial charge in [-0.25, -0.2) is 4.79 Å². The van der Waals surface area contributed by atoms with Crippen molar-refractivity contribution in [1.29, 1.82) is 0 Å². The molecule has 0 aromatic rings. The first-order valence-electron chi connectivity index (χ1n) is 10.2. The molecule has 0 fully saturated rings. The first kappa shape index (κ1) is 29.5. The molecule has 0 heterocycles. The molecule has 0 aromatic carbocycles. The van der Waals surface area contributed by atoms with Crippen molar-refractivity contribution in [2.24, 2.45) is 5.73 Å². The summed E-state index contributed by atoms with van der Waals surface area (Å²) < 4.78 is 0. The maximum Gasteiger partial charge on any atom is 0.326 e. The summed E-state index contributed by atoms with van der Waals surface area (Å²) in [6.07, 6.45) is 5.42. The second kappa shape index (κ2) is 21.0. The van der Waals surface area contributed by atoms with Crippen LogP contribution in [0.15, 0.2) is 0 Å². The van der Waals surface area contributed by atoms with Crippen LogP contribution in [0.3, 0.4) is 0 Å². The molecule has 0 saturated carbocycles. The maximum atomic E-state index is 11.5. The second-order valence-electron chi connectivity index (χ2n) is 6.64. The van der Waals surface area contributed by atoms with E-state index in [9.17, 15) is 14.4 Å². The zero-order chi connectivity index (χ0) is 22.5. The highest BCUT2D eigenvalue weighted by molar-refractivity contribution is 5.84. The molecule has 29 heavy (non-hydrogen) atoms. The van der Waals surface area contributed by atoms with E-state index in [1.165, 1.54) is 0 Å². The molecule has 2 amide bonds. The Hall–Kier alpha value is -1.75. The number of carboxylic acids is 1. The summed E-state index contributed by atoms with van der Waals surface area (Å²) in [5.74, 6) is -1.99. The Bertz CT molecular complexity index is 422. The van der Waals surface area contributed by atoms with Crippen LogP contribution in [0.25, 0.3) is 0 Å². The summed E-state index contributed by atoms with van der Waals surface area (Å²) >= 11 is 0. The molecule has 7 N–H and O–H groups in total. The number of aliphatic hydroxyl groups is 3.